The topological polar surface area (TPSA) is 18.5 Å². The quantitative estimate of drug-likeness (QED) is 0.723. The maximum atomic E-state index is 12.0. The van der Waals surface area contributed by atoms with Gasteiger partial charge < -0.3 is 9.47 Å². The summed E-state index contributed by atoms with van der Waals surface area (Å²) in [6, 6.07) is 13.9. The molecular formula is C17H17F3O2. The maximum absolute atomic E-state index is 12.0. The lowest BCUT2D eigenvalue weighted by Crippen LogP contribution is -2.17. The highest BCUT2D eigenvalue weighted by Gasteiger charge is 2.30. The van der Waals surface area contributed by atoms with Gasteiger partial charge in [-0.25, -0.2) is 0 Å². The normalized spacial score (nSPS) is 11.5. The molecule has 0 aliphatic carbocycles. The first-order valence-electron chi connectivity index (χ1n) is 6.90. The third-order valence-corrected chi connectivity index (χ3v) is 3.08. The third-order valence-electron chi connectivity index (χ3n) is 3.08. The zero-order valence-corrected chi connectivity index (χ0v) is 12.2. The highest BCUT2D eigenvalue weighted by Crippen LogP contribution is 2.22. The molecule has 2 aromatic carbocycles. The molecule has 0 fully saturated rings. The lowest BCUT2D eigenvalue weighted by molar-refractivity contribution is -0.274. The number of rotatable bonds is 6. The molecule has 0 aromatic heterocycles. The highest BCUT2D eigenvalue weighted by atomic mass is 19.4. The fraction of sp³-hybridized carbons (Fsp3) is 0.294. The monoisotopic (exact) mass is 310 g/mol. The molecule has 2 nitrogen and oxygen atoms in total. The van der Waals surface area contributed by atoms with E-state index in [9.17, 15) is 13.2 Å². The van der Waals surface area contributed by atoms with E-state index in [0.29, 0.717) is 19.6 Å². The van der Waals surface area contributed by atoms with Crippen molar-refractivity contribution < 1.29 is 22.6 Å². The Bertz CT molecular complexity index is 574. The molecule has 0 amide bonds. The number of ether oxygens (including phenoxy) is 2. The van der Waals surface area contributed by atoms with Crippen LogP contribution < -0.4 is 4.74 Å². The number of hydrogen-bond acceptors (Lipinski definition) is 2. The predicted molar refractivity (Wildman–Crippen MR) is 77.7 cm³/mol. The Morgan fingerprint density at radius 2 is 1.45 bits per heavy atom. The van der Waals surface area contributed by atoms with Crippen LogP contribution in [0.2, 0.25) is 0 Å². The Labute approximate surface area is 127 Å². The smallest absolute Gasteiger partial charge is 0.406 e. The van der Waals surface area contributed by atoms with Crippen molar-refractivity contribution in [2.75, 3.05) is 6.61 Å². The van der Waals surface area contributed by atoms with Crippen LogP contribution in [-0.4, -0.2) is 13.0 Å². The van der Waals surface area contributed by atoms with Gasteiger partial charge in [0, 0.05) is 0 Å². The summed E-state index contributed by atoms with van der Waals surface area (Å²) in [5, 5.41) is 0. The number of benzene rings is 2. The molecule has 0 bridgehead atoms. The van der Waals surface area contributed by atoms with Crippen LogP contribution in [0, 0.1) is 6.92 Å². The molecule has 0 heterocycles. The van der Waals surface area contributed by atoms with Crippen molar-refractivity contribution in [3.8, 4) is 5.75 Å². The van der Waals surface area contributed by atoms with Crippen molar-refractivity contribution in [2.45, 2.75) is 26.3 Å². The van der Waals surface area contributed by atoms with E-state index in [2.05, 4.69) is 4.74 Å². The van der Waals surface area contributed by atoms with Crippen LogP contribution in [0.4, 0.5) is 13.2 Å². The lowest BCUT2D eigenvalue weighted by atomic mass is 10.1. The standard InChI is InChI=1S/C17H17F3O2/c1-13-2-4-15(5-3-13)12-21-11-10-14-6-8-16(9-7-14)22-17(18,19)20/h2-9H,10-12H2,1H3. The van der Waals surface area contributed by atoms with Gasteiger partial charge in [-0.05, 0) is 36.6 Å². The minimum Gasteiger partial charge on any atom is -0.406 e. The minimum absolute atomic E-state index is 0.211. The van der Waals surface area contributed by atoms with Gasteiger partial charge in [0.15, 0.2) is 0 Å². The average Bonchev–Trinajstić information content (AvgIpc) is 2.45. The average molecular weight is 310 g/mol. The van der Waals surface area contributed by atoms with Crippen molar-refractivity contribution in [1.29, 1.82) is 0 Å². The summed E-state index contributed by atoms with van der Waals surface area (Å²) in [5.41, 5.74) is 3.20. The zero-order valence-electron chi connectivity index (χ0n) is 12.2. The fourth-order valence-corrected chi connectivity index (χ4v) is 1.92. The van der Waals surface area contributed by atoms with Crippen molar-refractivity contribution in [3.05, 3.63) is 65.2 Å². The van der Waals surface area contributed by atoms with Gasteiger partial charge >= 0.3 is 6.36 Å². The van der Waals surface area contributed by atoms with Crippen molar-refractivity contribution >= 4 is 0 Å². The Hall–Kier alpha value is -2.01. The Morgan fingerprint density at radius 3 is 2.05 bits per heavy atom. The fourth-order valence-electron chi connectivity index (χ4n) is 1.92. The summed E-state index contributed by atoms with van der Waals surface area (Å²) in [7, 11) is 0. The molecule has 0 saturated heterocycles. The Kier molecular flexibility index (Phi) is 5.44. The van der Waals surface area contributed by atoms with Gasteiger partial charge in [0.1, 0.15) is 5.75 Å². The molecule has 0 aliphatic heterocycles. The summed E-state index contributed by atoms with van der Waals surface area (Å²) in [6.45, 7) is 3.06. The summed E-state index contributed by atoms with van der Waals surface area (Å²) < 4.78 is 45.5. The largest absolute Gasteiger partial charge is 0.573 e. The van der Waals surface area contributed by atoms with Crippen LogP contribution in [-0.2, 0) is 17.8 Å². The van der Waals surface area contributed by atoms with E-state index in [0.717, 1.165) is 11.1 Å². The van der Waals surface area contributed by atoms with Gasteiger partial charge in [0.2, 0.25) is 0 Å². The van der Waals surface area contributed by atoms with Gasteiger partial charge in [-0.2, -0.15) is 0 Å². The second kappa shape index (κ2) is 7.31. The van der Waals surface area contributed by atoms with Gasteiger partial charge in [0.05, 0.1) is 13.2 Å². The first kappa shape index (κ1) is 16.4. The molecule has 118 valence electrons. The van der Waals surface area contributed by atoms with Crippen LogP contribution in [0.1, 0.15) is 16.7 Å². The second-order valence-electron chi connectivity index (χ2n) is 4.98. The third kappa shape index (κ3) is 5.77. The number of aryl methyl sites for hydroxylation is 1. The van der Waals surface area contributed by atoms with Crippen LogP contribution in [0.5, 0.6) is 5.75 Å². The van der Waals surface area contributed by atoms with Crippen molar-refractivity contribution in [3.63, 3.8) is 0 Å². The van der Waals surface area contributed by atoms with E-state index < -0.39 is 6.36 Å². The summed E-state index contributed by atoms with van der Waals surface area (Å²) in [5.74, 6) is -0.211. The molecule has 0 atom stereocenters. The molecule has 0 aliphatic rings. The first-order valence-corrected chi connectivity index (χ1v) is 6.90. The van der Waals surface area contributed by atoms with Gasteiger partial charge in [-0.1, -0.05) is 42.0 Å². The van der Waals surface area contributed by atoms with E-state index in [1.54, 1.807) is 12.1 Å². The molecule has 2 rings (SSSR count). The summed E-state index contributed by atoms with van der Waals surface area (Å²) in [6.07, 6.45) is -4.02. The minimum atomic E-state index is -4.65. The van der Waals surface area contributed by atoms with Crippen LogP contribution in [0.3, 0.4) is 0 Å². The Morgan fingerprint density at radius 1 is 0.864 bits per heavy atom. The molecule has 0 saturated carbocycles. The first-order chi connectivity index (χ1) is 10.4. The van der Waals surface area contributed by atoms with Gasteiger partial charge in [0.25, 0.3) is 0 Å². The van der Waals surface area contributed by atoms with E-state index in [-0.39, 0.29) is 5.75 Å². The zero-order chi connectivity index (χ0) is 16.0. The van der Waals surface area contributed by atoms with Crippen molar-refractivity contribution in [2.24, 2.45) is 0 Å². The number of halogens is 3. The molecular weight excluding hydrogens is 293 g/mol. The van der Waals surface area contributed by atoms with Crippen LogP contribution >= 0.6 is 0 Å². The number of hydrogen-bond donors (Lipinski definition) is 0. The molecule has 2 aromatic rings. The number of alkyl halides is 3. The second-order valence-corrected chi connectivity index (χ2v) is 4.98. The molecule has 0 spiro atoms. The van der Waals surface area contributed by atoms with E-state index in [1.807, 2.05) is 31.2 Å². The van der Waals surface area contributed by atoms with E-state index in [4.69, 9.17) is 4.74 Å². The molecule has 22 heavy (non-hydrogen) atoms. The van der Waals surface area contributed by atoms with Crippen LogP contribution in [0.15, 0.2) is 48.5 Å². The van der Waals surface area contributed by atoms with Crippen LogP contribution in [0.25, 0.3) is 0 Å². The Balaban J connectivity index is 1.74. The maximum Gasteiger partial charge on any atom is 0.573 e. The van der Waals surface area contributed by atoms with E-state index >= 15 is 0 Å². The lowest BCUT2D eigenvalue weighted by Gasteiger charge is -2.09. The summed E-state index contributed by atoms with van der Waals surface area (Å²) >= 11 is 0. The highest BCUT2D eigenvalue weighted by molar-refractivity contribution is 5.27. The van der Waals surface area contributed by atoms with Crippen molar-refractivity contribution in [1.82, 2.24) is 0 Å². The molecule has 0 unspecified atom stereocenters. The molecule has 5 heteroatoms. The molecule has 0 radical (unpaired) electrons. The SMILES string of the molecule is Cc1ccc(COCCc2ccc(OC(F)(F)F)cc2)cc1. The van der Waals surface area contributed by atoms with Gasteiger partial charge in [-0.3, -0.25) is 0 Å². The summed E-state index contributed by atoms with van der Waals surface area (Å²) in [4.78, 5) is 0. The van der Waals surface area contributed by atoms with Gasteiger partial charge in [-0.15, -0.1) is 13.2 Å². The predicted octanol–water partition coefficient (Wildman–Crippen LogP) is 4.65. The van der Waals surface area contributed by atoms with E-state index in [1.165, 1.54) is 17.7 Å². The molecule has 0 N–H and O–H groups in total.